The number of hydrogen-bond acceptors (Lipinski definition) is 7. The van der Waals surface area contributed by atoms with Gasteiger partial charge in [-0.2, -0.15) is 0 Å². The number of benzene rings is 2. The van der Waals surface area contributed by atoms with E-state index in [1.807, 2.05) is 46.7 Å². The molecule has 30 heavy (non-hydrogen) atoms. The molecule has 154 valence electrons. The first-order chi connectivity index (χ1) is 14.7. The number of aromatic nitrogens is 1. The van der Waals surface area contributed by atoms with Crippen LogP contribution in [0.1, 0.15) is 15.9 Å². The Labute approximate surface area is 178 Å². The van der Waals surface area contributed by atoms with Crippen LogP contribution in [0.4, 0.5) is 0 Å². The Bertz CT molecular complexity index is 1020. The number of hydrogen-bond donors (Lipinski definition) is 0. The first-order valence-electron chi connectivity index (χ1n) is 9.82. The third kappa shape index (κ3) is 4.10. The fraction of sp³-hybridized carbons (Fsp3) is 0.273. The van der Waals surface area contributed by atoms with Gasteiger partial charge in [-0.15, -0.1) is 0 Å². The van der Waals surface area contributed by atoms with E-state index in [1.54, 1.807) is 6.20 Å². The highest BCUT2D eigenvalue weighted by molar-refractivity contribution is 7.11. The fourth-order valence-corrected chi connectivity index (χ4v) is 4.12. The van der Waals surface area contributed by atoms with Gasteiger partial charge in [-0.1, -0.05) is 17.4 Å². The summed E-state index contributed by atoms with van der Waals surface area (Å²) in [5.74, 6) is 2.34. The number of ether oxygens (including phenoxy) is 3. The molecule has 5 rings (SSSR count). The molecule has 0 bridgehead atoms. The largest absolute Gasteiger partial charge is 0.454 e. The van der Waals surface area contributed by atoms with Crippen molar-refractivity contribution >= 4 is 17.2 Å². The Morgan fingerprint density at radius 1 is 1.03 bits per heavy atom. The minimum atomic E-state index is 0.0542. The number of piperazine rings is 1. The van der Waals surface area contributed by atoms with Gasteiger partial charge < -0.3 is 19.1 Å². The first kappa shape index (κ1) is 18.9. The molecule has 2 aliphatic heterocycles. The van der Waals surface area contributed by atoms with Gasteiger partial charge in [-0.05, 0) is 42.0 Å². The van der Waals surface area contributed by atoms with Crippen molar-refractivity contribution in [3.05, 3.63) is 65.2 Å². The zero-order valence-electron chi connectivity index (χ0n) is 16.3. The van der Waals surface area contributed by atoms with Gasteiger partial charge in [-0.3, -0.25) is 9.69 Å². The predicted octanol–water partition coefficient (Wildman–Crippen LogP) is 3.62. The van der Waals surface area contributed by atoms with E-state index in [9.17, 15) is 4.79 Å². The molecule has 2 aromatic carbocycles. The van der Waals surface area contributed by atoms with Crippen LogP contribution < -0.4 is 14.2 Å². The molecule has 1 amide bonds. The number of thiazole rings is 1. The van der Waals surface area contributed by atoms with E-state index in [4.69, 9.17) is 14.2 Å². The predicted molar refractivity (Wildman–Crippen MR) is 112 cm³/mol. The van der Waals surface area contributed by atoms with Gasteiger partial charge in [-0.25, -0.2) is 4.98 Å². The molecule has 0 aliphatic carbocycles. The van der Waals surface area contributed by atoms with Crippen LogP contribution >= 0.6 is 11.3 Å². The van der Waals surface area contributed by atoms with Crippen molar-refractivity contribution in [2.75, 3.05) is 33.0 Å². The second kappa shape index (κ2) is 8.33. The summed E-state index contributed by atoms with van der Waals surface area (Å²) in [5.41, 5.74) is 1.86. The van der Waals surface area contributed by atoms with Crippen LogP contribution in [0.25, 0.3) is 0 Å². The molecule has 1 saturated heterocycles. The average molecular weight is 423 g/mol. The van der Waals surface area contributed by atoms with Gasteiger partial charge in [0, 0.05) is 49.9 Å². The minimum absolute atomic E-state index is 0.0542. The van der Waals surface area contributed by atoms with Crippen molar-refractivity contribution in [2.45, 2.75) is 6.54 Å². The molecular formula is C22H21N3O4S. The molecule has 0 N–H and O–H groups in total. The highest BCUT2D eigenvalue weighted by atomic mass is 32.1. The lowest BCUT2D eigenvalue weighted by Gasteiger charge is -2.34. The zero-order chi connectivity index (χ0) is 20.3. The summed E-state index contributed by atoms with van der Waals surface area (Å²) in [5, 5.41) is 2.45. The molecule has 7 nitrogen and oxygen atoms in total. The SMILES string of the molecule is O=C(c1ccc(Oc2nccs2)cc1)N1CCN(Cc2ccc3c(c2)OCO3)CC1. The lowest BCUT2D eigenvalue weighted by atomic mass is 10.1. The van der Waals surface area contributed by atoms with E-state index >= 15 is 0 Å². The fourth-order valence-electron chi connectivity index (χ4n) is 3.62. The summed E-state index contributed by atoms with van der Waals surface area (Å²) in [6.07, 6.45) is 1.70. The van der Waals surface area contributed by atoms with Gasteiger partial charge in [0.1, 0.15) is 5.75 Å². The lowest BCUT2D eigenvalue weighted by Crippen LogP contribution is -2.48. The van der Waals surface area contributed by atoms with E-state index in [0.717, 1.165) is 31.1 Å². The molecule has 1 aromatic heterocycles. The molecular weight excluding hydrogens is 402 g/mol. The van der Waals surface area contributed by atoms with Crippen LogP contribution in [0, 0.1) is 0 Å². The summed E-state index contributed by atoms with van der Waals surface area (Å²) < 4.78 is 16.5. The quantitative estimate of drug-likeness (QED) is 0.625. The summed E-state index contributed by atoms with van der Waals surface area (Å²) in [4.78, 5) is 21.2. The molecule has 0 unspecified atom stereocenters. The second-order valence-electron chi connectivity index (χ2n) is 7.18. The second-order valence-corrected chi connectivity index (χ2v) is 8.04. The lowest BCUT2D eigenvalue weighted by molar-refractivity contribution is 0.0628. The Kier molecular flexibility index (Phi) is 5.25. The monoisotopic (exact) mass is 423 g/mol. The van der Waals surface area contributed by atoms with Gasteiger partial charge in [0.05, 0.1) is 0 Å². The van der Waals surface area contributed by atoms with Crippen molar-refractivity contribution in [2.24, 2.45) is 0 Å². The molecule has 3 heterocycles. The number of carbonyl (C=O) groups is 1. The maximum atomic E-state index is 12.8. The number of fused-ring (bicyclic) bond motifs is 1. The number of amides is 1. The summed E-state index contributed by atoms with van der Waals surface area (Å²) in [6.45, 7) is 4.22. The van der Waals surface area contributed by atoms with Crippen molar-refractivity contribution in [3.63, 3.8) is 0 Å². The maximum absolute atomic E-state index is 12.8. The summed E-state index contributed by atoms with van der Waals surface area (Å²) in [6, 6.07) is 13.3. The Balaban J connectivity index is 1.15. The van der Waals surface area contributed by atoms with E-state index in [1.165, 1.54) is 16.9 Å². The van der Waals surface area contributed by atoms with E-state index in [0.29, 0.717) is 29.6 Å². The third-order valence-electron chi connectivity index (χ3n) is 5.22. The molecule has 8 heteroatoms. The molecule has 2 aliphatic rings. The molecule has 3 aromatic rings. The molecule has 1 fully saturated rings. The van der Waals surface area contributed by atoms with Crippen molar-refractivity contribution in [1.82, 2.24) is 14.8 Å². The summed E-state index contributed by atoms with van der Waals surface area (Å²) in [7, 11) is 0. The van der Waals surface area contributed by atoms with Crippen LogP contribution in [0.5, 0.6) is 22.4 Å². The van der Waals surface area contributed by atoms with E-state index in [-0.39, 0.29) is 12.7 Å². The molecule has 0 spiro atoms. The highest BCUT2D eigenvalue weighted by Crippen LogP contribution is 2.33. The van der Waals surface area contributed by atoms with E-state index in [2.05, 4.69) is 16.0 Å². The van der Waals surface area contributed by atoms with Crippen LogP contribution in [0.3, 0.4) is 0 Å². The third-order valence-corrected chi connectivity index (χ3v) is 5.87. The van der Waals surface area contributed by atoms with E-state index < -0.39 is 0 Å². The minimum Gasteiger partial charge on any atom is -0.454 e. The average Bonchev–Trinajstić information content (AvgIpc) is 3.46. The smallest absolute Gasteiger partial charge is 0.278 e. The van der Waals surface area contributed by atoms with Crippen LogP contribution in [-0.4, -0.2) is 53.7 Å². The number of carbonyl (C=O) groups excluding carboxylic acids is 1. The van der Waals surface area contributed by atoms with Crippen LogP contribution in [-0.2, 0) is 6.54 Å². The Morgan fingerprint density at radius 2 is 1.83 bits per heavy atom. The Morgan fingerprint density at radius 3 is 2.60 bits per heavy atom. The number of rotatable bonds is 5. The standard InChI is InChI=1S/C22H21N3O4S/c26-21(17-2-4-18(5-3-17)29-22-23-7-12-30-22)25-10-8-24(9-11-25)14-16-1-6-19-20(13-16)28-15-27-19/h1-7,12-13H,8-11,14-15H2. The van der Waals surface area contributed by atoms with Gasteiger partial charge in [0.25, 0.3) is 11.1 Å². The molecule has 0 saturated carbocycles. The molecule has 0 atom stereocenters. The first-order valence-corrected chi connectivity index (χ1v) is 10.7. The van der Waals surface area contributed by atoms with Crippen molar-refractivity contribution in [1.29, 1.82) is 0 Å². The van der Waals surface area contributed by atoms with Crippen molar-refractivity contribution in [3.8, 4) is 22.4 Å². The van der Waals surface area contributed by atoms with Gasteiger partial charge in [0.2, 0.25) is 6.79 Å². The van der Waals surface area contributed by atoms with Gasteiger partial charge in [0.15, 0.2) is 11.5 Å². The Hall–Kier alpha value is -3.10. The molecule has 0 radical (unpaired) electrons. The normalized spacial score (nSPS) is 15.9. The van der Waals surface area contributed by atoms with Gasteiger partial charge >= 0.3 is 0 Å². The summed E-state index contributed by atoms with van der Waals surface area (Å²) >= 11 is 1.43. The highest BCUT2D eigenvalue weighted by Gasteiger charge is 2.23. The van der Waals surface area contributed by atoms with Crippen LogP contribution in [0.2, 0.25) is 0 Å². The topological polar surface area (TPSA) is 64.1 Å². The zero-order valence-corrected chi connectivity index (χ0v) is 17.1. The maximum Gasteiger partial charge on any atom is 0.278 e. The van der Waals surface area contributed by atoms with Crippen molar-refractivity contribution < 1.29 is 19.0 Å². The van der Waals surface area contributed by atoms with Crippen LogP contribution in [0.15, 0.2) is 54.0 Å². The number of nitrogens with zero attached hydrogens (tertiary/aromatic N) is 3.